The van der Waals surface area contributed by atoms with Gasteiger partial charge in [-0.25, -0.2) is 0 Å². The van der Waals surface area contributed by atoms with E-state index in [2.05, 4.69) is 44.8 Å². The molecular formula is C17H35ClN2O. The zero-order valence-electron chi connectivity index (χ0n) is 15.5. The summed E-state index contributed by atoms with van der Waals surface area (Å²) in [5, 5.41) is 8.52. The van der Waals surface area contributed by atoms with Crippen LogP contribution in [-0.2, 0) is 4.79 Å². The molecule has 0 saturated carbocycles. The Labute approximate surface area is 136 Å². The van der Waals surface area contributed by atoms with Gasteiger partial charge in [-0.3, -0.25) is 0 Å². The van der Waals surface area contributed by atoms with E-state index >= 15 is 0 Å². The lowest BCUT2D eigenvalue weighted by molar-refractivity contribution is -0.117. The third-order valence-corrected chi connectivity index (χ3v) is 3.10. The van der Waals surface area contributed by atoms with E-state index in [4.69, 9.17) is 11.6 Å². The first-order valence-electron chi connectivity index (χ1n) is 7.93. The molecule has 0 amide bonds. The first-order valence-corrected chi connectivity index (χ1v) is 8.31. The minimum Gasteiger partial charge on any atom is -0.300 e. The van der Waals surface area contributed by atoms with Crippen molar-refractivity contribution in [1.29, 1.82) is 0 Å². The molecule has 0 fully saturated rings. The van der Waals surface area contributed by atoms with E-state index in [1.807, 2.05) is 20.8 Å². The normalized spacial score (nSPS) is 15.0. The highest BCUT2D eigenvalue weighted by molar-refractivity contribution is 6.23. The van der Waals surface area contributed by atoms with Crippen LogP contribution in [0, 0.1) is 11.8 Å². The molecule has 1 unspecified atom stereocenters. The highest BCUT2D eigenvalue weighted by Gasteiger charge is 2.23. The van der Waals surface area contributed by atoms with Crippen molar-refractivity contribution in [3.8, 4) is 0 Å². The van der Waals surface area contributed by atoms with Crippen LogP contribution in [0.25, 0.3) is 0 Å². The number of Topliss-reactive ketones (excluding diaryl/α,β-unsaturated/α-hetero) is 1. The van der Waals surface area contributed by atoms with Crippen molar-refractivity contribution >= 4 is 17.4 Å². The second-order valence-corrected chi connectivity index (χ2v) is 8.22. The summed E-state index contributed by atoms with van der Waals surface area (Å²) in [7, 11) is 0. The fourth-order valence-electron chi connectivity index (χ4n) is 1.67. The van der Waals surface area contributed by atoms with Crippen LogP contribution in [0.5, 0.6) is 0 Å². The maximum absolute atomic E-state index is 10.3. The van der Waals surface area contributed by atoms with Crippen molar-refractivity contribution in [3.63, 3.8) is 0 Å². The van der Waals surface area contributed by atoms with Gasteiger partial charge in [0.2, 0.25) is 0 Å². The standard InChI is InChI=1S/C11H23ClN2.C6H12O/c1-7-10(4,5)13-14-11(6,12)8-9(2)3;1-5(2)4-6(3)7/h9H,7-8H2,1-6H3;5H,4H2,1-3H3. The molecule has 0 bridgehead atoms. The van der Waals surface area contributed by atoms with E-state index in [1.165, 1.54) is 0 Å². The number of ketones is 1. The minimum absolute atomic E-state index is 0.0901. The van der Waals surface area contributed by atoms with Gasteiger partial charge in [0.25, 0.3) is 0 Å². The van der Waals surface area contributed by atoms with Crippen molar-refractivity contribution in [1.82, 2.24) is 0 Å². The summed E-state index contributed by atoms with van der Waals surface area (Å²) in [6.07, 6.45) is 2.56. The highest BCUT2D eigenvalue weighted by atomic mass is 35.5. The smallest absolute Gasteiger partial charge is 0.152 e. The number of carbonyl (C=O) groups excluding carboxylic acids is 1. The van der Waals surface area contributed by atoms with E-state index in [9.17, 15) is 4.79 Å². The third-order valence-electron chi connectivity index (χ3n) is 2.87. The molecule has 3 nitrogen and oxygen atoms in total. The van der Waals surface area contributed by atoms with Gasteiger partial charge in [0, 0.05) is 6.42 Å². The molecule has 0 N–H and O–H groups in total. The summed E-state index contributed by atoms with van der Waals surface area (Å²) < 4.78 is 0. The third kappa shape index (κ3) is 17.5. The minimum atomic E-state index is -0.541. The Bertz CT molecular complexity index is 321. The molecule has 4 heteroatoms. The van der Waals surface area contributed by atoms with Crippen LogP contribution in [0.3, 0.4) is 0 Å². The zero-order valence-corrected chi connectivity index (χ0v) is 16.2. The predicted molar refractivity (Wildman–Crippen MR) is 93.1 cm³/mol. The van der Waals surface area contributed by atoms with Crippen LogP contribution >= 0.6 is 11.6 Å². The fraction of sp³-hybridized carbons (Fsp3) is 0.941. The Morgan fingerprint density at radius 2 is 1.52 bits per heavy atom. The maximum Gasteiger partial charge on any atom is 0.152 e. The van der Waals surface area contributed by atoms with Gasteiger partial charge >= 0.3 is 0 Å². The lowest BCUT2D eigenvalue weighted by Gasteiger charge is -2.21. The summed E-state index contributed by atoms with van der Waals surface area (Å²) in [5.41, 5.74) is -0.0901. The Morgan fingerprint density at radius 1 is 1.05 bits per heavy atom. The van der Waals surface area contributed by atoms with Gasteiger partial charge in [-0.2, -0.15) is 10.2 Å². The van der Waals surface area contributed by atoms with Crippen molar-refractivity contribution < 1.29 is 4.79 Å². The Kier molecular flexibility index (Phi) is 11.2. The van der Waals surface area contributed by atoms with E-state index in [0.717, 1.165) is 19.3 Å². The Balaban J connectivity index is 0. The maximum atomic E-state index is 10.3. The molecule has 0 aliphatic rings. The molecular weight excluding hydrogens is 284 g/mol. The molecule has 0 spiro atoms. The number of azo groups is 1. The number of nitrogens with zero attached hydrogens (tertiary/aromatic N) is 2. The van der Waals surface area contributed by atoms with Crippen molar-refractivity contribution in [2.24, 2.45) is 22.1 Å². The van der Waals surface area contributed by atoms with Crippen LogP contribution in [0.15, 0.2) is 10.2 Å². The van der Waals surface area contributed by atoms with Crippen LogP contribution in [-0.4, -0.2) is 16.3 Å². The molecule has 0 aromatic rings. The number of hydrogen-bond donors (Lipinski definition) is 0. The molecule has 0 aromatic heterocycles. The van der Waals surface area contributed by atoms with E-state index in [0.29, 0.717) is 11.8 Å². The second kappa shape index (κ2) is 10.3. The van der Waals surface area contributed by atoms with Gasteiger partial charge in [0.1, 0.15) is 5.78 Å². The van der Waals surface area contributed by atoms with E-state index in [1.54, 1.807) is 6.92 Å². The topological polar surface area (TPSA) is 41.8 Å². The van der Waals surface area contributed by atoms with Gasteiger partial charge in [-0.05, 0) is 52.4 Å². The molecule has 0 radical (unpaired) electrons. The van der Waals surface area contributed by atoms with Crippen LogP contribution in [0.2, 0.25) is 0 Å². The number of hydrogen-bond acceptors (Lipinski definition) is 3. The van der Waals surface area contributed by atoms with Crippen molar-refractivity contribution in [2.75, 3.05) is 0 Å². The summed E-state index contributed by atoms with van der Waals surface area (Å²) in [5.74, 6) is 1.36. The molecule has 0 aromatic carbocycles. The monoisotopic (exact) mass is 318 g/mol. The zero-order chi connectivity index (χ0) is 17.3. The van der Waals surface area contributed by atoms with Crippen molar-refractivity contribution in [2.45, 2.75) is 92.1 Å². The average Bonchev–Trinajstić information content (AvgIpc) is 2.24. The molecule has 0 rings (SSSR count). The largest absolute Gasteiger partial charge is 0.300 e. The van der Waals surface area contributed by atoms with Crippen molar-refractivity contribution in [3.05, 3.63) is 0 Å². The number of rotatable bonds is 7. The van der Waals surface area contributed by atoms with Crippen LogP contribution in [0.4, 0.5) is 0 Å². The lowest BCUT2D eigenvalue weighted by atomic mass is 10.0. The van der Waals surface area contributed by atoms with Gasteiger partial charge in [-0.1, -0.05) is 46.2 Å². The molecule has 21 heavy (non-hydrogen) atoms. The number of alkyl halides is 1. The van der Waals surface area contributed by atoms with Gasteiger partial charge in [0.15, 0.2) is 5.00 Å². The summed E-state index contributed by atoms with van der Waals surface area (Å²) in [6, 6.07) is 0. The molecule has 0 aliphatic heterocycles. The Hall–Kier alpha value is -0.440. The molecule has 0 heterocycles. The predicted octanol–water partition coefficient (Wildman–Crippen LogP) is 6.25. The fourth-order valence-corrected chi connectivity index (χ4v) is 2.02. The summed E-state index contributed by atoms with van der Waals surface area (Å²) in [6.45, 7) is 18.2. The first-order chi connectivity index (χ1) is 9.31. The SMILES string of the molecule is CC(=O)CC(C)C.CCC(C)(C)N=NC(C)(Cl)CC(C)C. The van der Waals surface area contributed by atoms with E-state index < -0.39 is 5.00 Å². The first kappa shape index (κ1) is 22.8. The number of halogens is 1. The quantitative estimate of drug-likeness (QED) is 0.311. The van der Waals surface area contributed by atoms with E-state index in [-0.39, 0.29) is 11.3 Å². The molecule has 126 valence electrons. The van der Waals surface area contributed by atoms with Gasteiger partial charge < -0.3 is 4.79 Å². The highest BCUT2D eigenvalue weighted by Crippen LogP contribution is 2.27. The molecule has 0 aliphatic carbocycles. The van der Waals surface area contributed by atoms with Crippen LogP contribution in [0.1, 0.15) is 81.6 Å². The second-order valence-electron chi connectivity index (χ2n) is 7.41. The summed E-state index contributed by atoms with van der Waals surface area (Å²) in [4.78, 5) is 9.71. The van der Waals surface area contributed by atoms with Gasteiger partial charge in [-0.15, -0.1) is 0 Å². The average molecular weight is 319 g/mol. The van der Waals surface area contributed by atoms with Crippen LogP contribution < -0.4 is 0 Å². The summed E-state index contributed by atoms with van der Waals surface area (Å²) >= 11 is 6.23. The van der Waals surface area contributed by atoms with Gasteiger partial charge in [0.05, 0.1) is 5.54 Å². The lowest BCUT2D eigenvalue weighted by Crippen LogP contribution is -2.19. The molecule has 0 saturated heterocycles. The Morgan fingerprint density at radius 3 is 1.76 bits per heavy atom. The molecule has 1 atom stereocenters. The number of carbonyl (C=O) groups is 1.